The topological polar surface area (TPSA) is 69.5 Å². The summed E-state index contributed by atoms with van der Waals surface area (Å²) < 4.78 is 0. The molecule has 0 aliphatic carbocycles. The van der Waals surface area contributed by atoms with Crippen LogP contribution in [0.15, 0.2) is 48.8 Å². The molecule has 3 rings (SSSR count). The Kier molecular flexibility index (Phi) is 3.38. The minimum absolute atomic E-state index is 0.570. The fraction of sp³-hybridized carbons (Fsp3) is 0.333. The van der Waals surface area contributed by atoms with E-state index in [1.807, 2.05) is 30.3 Å². The predicted octanol–water partition coefficient (Wildman–Crippen LogP) is 1.28. The number of aliphatic hydroxyl groups excluding tert-OH is 1. The van der Waals surface area contributed by atoms with Gasteiger partial charge in [0.2, 0.25) is 0 Å². The first-order chi connectivity index (χ1) is 9.73. The highest BCUT2D eigenvalue weighted by atomic mass is 16.4. The smallest absolute Gasteiger partial charge is 0.191 e. The Labute approximate surface area is 117 Å². The van der Waals surface area contributed by atoms with E-state index in [9.17, 15) is 10.2 Å². The van der Waals surface area contributed by atoms with Crippen molar-refractivity contribution in [3.63, 3.8) is 0 Å². The fourth-order valence-corrected chi connectivity index (χ4v) is 2.80. The van der Waals surface area contributed by atoms with Gasteiger partial charge in [-0.05, 0) is 18.9 Å². The Morgan fingerprint density at radius 3 is 2.65 bits per heavy atom. The number of benzene rings is 1. The van der Waals surface area contributed by atoms with E-state index in [2.05, 4.69) is 10.2 Å². The second kappa shape index (κ2) is 5.19. The maximum Gasteiger partial charge on any atom is 0.191 e. The van der Waals surface area contributed by atoms with Gasteiger partial charge in [-0.25, -0.2) is 0 Å². The maximum absolute atomic E-state index is 11.2. The third-order valence-electron chi connectivity index (χ3n) is 3.81. The van der Waals surface area contributed by atoms with Crippen molar-refractivity contribution in [2.24, 2.45) is 0 Å². The standard InChI is InChI=1S/C15H17N3O2/c19-14-7-4-10-18(13-8-9-16-17-11-13)15(14,20)12-5-2-1-3-6-12/h1-3,5-6,8-9,11,14,19-20H,4,7,10H2. The van der Waals surface area contributed by atoms with Crippen LogP contribution in [0.2, 0.25) is 0 Å². The van der Waals surface area contributed by atoms with E-state index in [-0.39, 0.29) is 0 Å². The molecule has 1 aromatic heterocycles. The molecule has 2 N–H and O–H groups in total. The highest BCUT2D eigenvalue weighted by Crippen LogP contribution is 2.38. The van der Waals surface area contributed by atoms with Crippen LogP contribution in [0.25, 0.3) is 0 Å². The van der Waals surface area contributed by atoms with Crippen molar-refractivity contribution in [3.8, 4) is 0 Å². The summed E-state index contributed by atoms with van der Waals surface area (Å²) in [6.45, 7) is 0.661. The number of hydrogen-bond acceptors (Lipinski definition) is 5. The number of rotatable bonds is 2. The number of piperidine rings is 1. The lowest BCUT2D eigenvalue weighted by Gasteiger charge is -2.47. The van der Waals surface area contributed by atoms with Gasteiger partial charge in [0.1, 0.15) is 6.10 Å². The van der Waals surface area contributed by atoms with Crippen LogP contribution in [-0.4, -0.2) is 33.1 Å². The molecule has 1 aliphatic heterocycles. The molecular weight excluding hydrogens is 254 g/mol. The van der Waals surface area contributed by atoms with Gasteiger partial charge in [0, 0.05) is 12.1 Å². The van der Waals surface area contributed by atoms with E-state index in [4.69, 9.17) is 0 Å². The van der Waals surface area contributed by atoms with E-state index in [0.29, 0.717) is 18.5 Å². The number of aliphatic hydroxyl groups is 2. The van der Waals surface area contributed by atoms with Gasteiger partial charge in [0.25, 0.3) is 0 Å². The Balaban J connectivity index is 2.07. The molecule has 1 aromatic carbocycles. The van der Waals surface area contributed by atoms with Crippen LogP contribution < -0.4 is 4.90 Å². The quantitative estimate of drug-likeness (QED) is 0.861. The second-order valence-corrected chi connectivity index (χ2v) is 5.00. The third kappa shape index (κ3) is 2.05. The third-order valence-corrected chi connectivity index (χ3v) is 3.81. The van der Waals surface area contributed by atoms with Crippen LogP contribution in [0.3, 0.4) is 0 Å². The molecule has 2 unspecified atom stereocenters. The van der Waals surface area contributed by atoms with Gasteiger partial charge in [0.05, 0.1) is 18.1 Å². The first-order valence-corrected chi connectivity index (χ1v) is 6.73. The zero-order chi connectivity index (χ0) is 14.0. The van der Waals surface area contributed by atoms with Crippen molar-refractivity contribution in [2.45, 2.75) is 24.7 Å². The summed E-state index contributed by atoms with van der Waals surface area (Å²) in [6, 6.07) is 11.1. The molecular formula is C15H17N3O2. The Morgan fingerprint density at radius 2 is 1.95 bits per heavy atom. The molecule has 2 aromatic rings. The van der Waals surface area contributed by atoms with Gasteiger partial charge >= 0.3 is 0 Å². The van der Waals surface area contributed by atoms with Crippen LogP contribution in [0.1, 0.15) is 18.4 Å². The fourth-order valence-electron chi connectivity index (χ4n) is 2.80. The molecule has 0 amide bonds. The molecule has 0 spiro atoms. The van der Waals surface area contributed by atoms with Crippen LogP contribution >= 0.6 is 0 Å². The van der Waals surface area contributed by atoms with Gasteiger partial charge < -0.3 is 15.1 Å². The number of hydrogen-bond donors (Lipinski definition) is 2. The molecule has 1 saturated heterocycles. The Hall–Kier alpha value is -1.98. The predicted molar refractivity (Wildman–Crippen MR) is 75.0 cm³/mol. The lowest BCUT2D eigenvalue weighted by atomic mass is 9.88. The molecule has 0 radical (unpaired) electrons. The van der Waals surface area contributed by atoms with Crippen LogP contribution in [0.4, 0.5) is 5.69 Å². The normalized spacial score (nSPS) is 26.5. The molecule has 0 bridgehead atoms. The molecule has 104 valence electrons. The van der Waals surface area contributed by atoms with Crippen molar-refractivity contribution >= 4 is 5.69 Å². The van der Waals surface area contributed by atoms with Crippen LogP contribution in [-0.2, 0) is 5.72 Å². The zero-order valence-corrected chi connectivity index (χ0v) is 11.1. The summed E-state index contributed by atoms with van der Waals surface area (Å²) in [5, 5.41) is 29.2. The minimum Gasteiger partial charge on any atom is -0.388 e. The summed E-state index contributed by atoms with van der Waals surface area (Å²) in [7, 11) is 0. The molecule has 1 fully saturated rings. The second-order valence-electron chi connectivity index (χ2n) is 5.00. The Morgan fingerprint density at radius 1 is 1.15 bits per heavy atom. The molecule has 1 aliphatic rings. The van der Waals surface area contributed by atoms with Gasteiger partial charge in [-0.15, -0.1) is 0 Å². The first kappa shape index (κ1) is 13.0. The minimum atomic E-state index is -1.43. The Bertz CT molecular complexity index is 564. The van der Waals surface area contributed by atoms with E-state index in [1.165, 1.54) is 0 Å². The number of nitrogens with zero attached hydrogens (tertiary/aromatic N) is 3. The summed E-state index contributed by atoms with van der Waals surface area (Å²) in [5.41, 5.74) is 0.0110. The molecule has 5 heteroatoms. The highest BCUT2D eigenvalue weighted by molar-refractivity contribution is 5.49. The molecule has 0 saturated carbocycles. The summed E-state index contributed by atoms with van der Waals surface area (Å²) in [4.78, 5) is 1.80. The molecule has 20 heavy (non-hydrogen) atoms. The van der Waals surface area contributed by atoms with Crippen molar-refractivity contribution in [1.82, 2.24) is 10.2 Å². The summed E-state index contributed by atoms with van der Waals surface area (Å²) in [5.74, 6) is 0. The monoisotopic (exact) mass is 271 g/mol. The van der Waals surface area contributed by atoms with Gasteiger partial charge in [-0.3, -0.25) is 0 Å². The highest BCUT2D eigenvalue weighted by Gasteiger charge is 2.45. The summed E-state index contributed by atoms with van der Waals surface area (Å²) in [6.07, 6.45) is 3.74. The number of aromatic nitrogens is 2. The average molecular weight is 271 g/mol. The molecule has 5 nitrogen and oxygen atoms in total. The van der Waals surface area contributed by atoms with E-state index >= 15 is 0 Å². The lowest BCUT2D eigenvalue weighted by Crippen LogP contribution is -2.58. The molecule has 2 atom stereocenters. The van der Waals surface area contributed by atoms with E-state index < -0.39 is 11.8 Å². The largest absolute Gasteiger partial charge is 0.388 e. The van der Waals surface area contributed by atoms with Crippen molar-refractivity contribution < 1.29 is 10.2 Å². The van der Waals surface area contributed by atoms with Crippen molar-refractivity contribution in [3.05, 3.63) is 54.4 Å². The van der Waals surface area contributed by atoms with Crippen molar-refractivity contribution in [2.75, 3.05) is 11.4 Å². The zero-order valence-electron chi connectivity index (χ0n) is 11.1. The first-order valence-electron chi connectivity index (χ1n) is 6.73. The van der Waals surface area contributed by atoms with Gasteiger partial charge in [-0.1, -0.05) is 30.3 Å². The average Bonchev–Trinajstić information content (AvgIpc) is 2.52. The van der Waals surface area contributed by atoms with Crippen LogP contribution in [0.5, 0.6) is 0 Å². The SMILES string of the molecule is OC1CCCN(c2ccnnc2)C1(O)c1ccccc1. The van der Waals surface area contributed by atoms with Gasteiger partial charge in [-0.2, -0.15) is 10.2 Å². The van der Waals surface area contributed by atoms with Crippen molar-refractivity contribution in [1.29, 1.82) is 0 Å². The molecule has 2 heterocycles. The van der Waals surface area contributed by atoms with E-state index in [1.54, 1.807) is 23.4 Å². The summed E-state index contributed by atoms with van der Waals surface area (Å²) >= 11 is 0. The van der Waals surface area contributed by atoms with E-state index in [0.717, 1.165) is 12.1 Å². The van der Waals surface area contributed by atoms with Gasteiger partial charge in [0.15, 0.2) is 5.72 Å². The maximum atomic E-state index is 11.2. The number of anilines is 1. The lowest BCUT2D eigenvalue weighted by molar-refractivity contribution is -0.0984. The van der Waals surface area contributed by atoms with Crippen LogP contribution in [0, 0.1) is 0 Å².